The maximum atomic E-state index is 11.7. The first-order valence-electron chi connectivity index (χ1n) is 9.85. The van der Waals surface area contributed by atoms with Gasteiger partial charge in [-0.25, -0.2) is 13.4 Å². The van der Waals surface area contributed by atoms with E-state index in [0.717, 1.165) is 33.7 Å². The minimum atomic E-state index is -3.25. The molecule has 0 aliphatic carbocycles. The number of amides is 1. The predicted octanol–water partition coefficient (Wildman–Crippen LogP) is 3.21. The monoisotopic (exact) mass is 507 g/mol. The Kier molecular flexibility index (Phi) is 8.98. The van der Waals surface area contributed by atoms with E-state index in [1.165, 1.54) is 24.5 Å². The summed E-state index contributed by atoms with van der Waals surface area (Å²) in [6.45, 7) is 2.02. The third-order valence-corrected chi connectivity index (χ3v) is 6.75. The van der Waals surface area contributed by atoms with Crippen LogP contribution in [0.4, 0.5) is 5.13 Å². The van der Waals surface area contributed by atoms with Gasteiger partial charge in [0.2, 0.25) is 5.91 Å². The van der Waals surface area contributed by atoms with Crippen molar-refractivity contribution in [2.75, 3.05) is 18.1 Å². The molecule has 1 aromatic heterocycles. The number of guanidine groups is 1. The van der Waals surface area contributed by atoms with Gasteiger partial charge in [-0.1, -0.05) is 36.4 Å². The highest BCUT2D eigenvalue weighted by Gasteiger charge is 2.15. The van der Waals surface area contributed by atoms with Crippen molar-refractivity contribution in [3.05, 3.63) is 64.5 Å². The number of benzene rings is 2. The minimum absolute atomic E-state index is 0. The number of hydrogen-bond donors (Lipinski definition) is 4. The van der Waals surface area contributed by atoms with Crippen LogP contribution in [0.3, 0.4) is 0 Å². The molecule has 5 N–H and O–H groups in total. The lowest BCUT2D eigenvalue weighted by atomic mass is 10.0. The average molecular weight is 508 g/mol. The number of rotatable bonds is 8. The third kappa shape index (κ3) is 7.55. The fourth-order valence-electron chi connectivity index (χ4n) is 3.11. The van der Waals surface area contributed by atoms with Crippen LogP contribution in [0.2, 0.25) is 0 Å². The first-order valence-corrected chi connectivity index (χ1v) is 12.6. The summed E-state index contributed by atoms with van der Waals surface area (Å²) in [5.41, 5.74) is 9.05. The number of nitrogens with zero attached hydrogens (tertiary/aromatic N) is 1. The molecule has 176 valence electrons. The Labute approximate surface area is 203 Å². The Morgan fingerprint density at radius 2 is 1.70 bits per heavy atom. The molecule has 0 atom stereocenters. The van der Waals surface area contributed by atoms with E-state index in [9.17, 15) is 13.2 Å². The Bertz CT molecular complexity index is 1220. The molecule has 0 radical (unpaired) electrons. The van der Waals surface area contributed by atoms with E-state index in [1.807, 2.05) is 24.3 Å². The van der Waals surface area contributed by atoms with Gasteiger partial charge in [0.05, 0.1) is 10.6 Å². The van der Waals surface area contributed by atoms with E-state index < -0.39 is 9.84 Å². The van der Waals surface area contributed by atoms with Crippen molar-refractivity contribution in [3.63, 3.8) is 0 Å². The molecule has 0 spiro atoms. The number of halogens is 1. The first-order chi connectivity index (χ1) is 15.1. The van der Waals surface area contributed by atoms with Crippen LogP contribution in [-0.2, 0) is 27.5 Å². The van der Waals surface area contributed by atoms with Crippen LogP contribution < -0.4 is 16.4 Å². The maximum absolute atomic E-state index is 11.7. The van der Waals surface area contributed by atoms with Crippen molar-refractivity contribution in [1.29, 1.82) is 5.41 Å². The number of anilines is 1. The van der Waals surface area contributed by atoms with E-state index in [2.05, 4.69) is 15.6 Å². The van der Waals surface area contributed by atoms with Crippen molar-refractivity contribution < 1.29 is 13.2 Å². The summed E-state index contributed by atoms with van der Waals surface area (Å²) in [5, 5.41) is 13.3. The zero-order valence-electron chi connectivity index (χ0n) is 18.2. The number of carbonyl (C=O) groups is 1. The Hall–Kier alpha value is -2.95. The quantitative estimate of drug-likeness (QED) is 0.273. The van der Waals surface area contributed by atoms with Crippen molar-refractivity contribution in [1.82, 2.24) is 10.3 Å². The van der Waals surface area contributed by atoms with Gasteiger partial charge in [0.25, 0.3) is 0 Å². The summed E-state index contributed by atoms with van der Waals surface area (Å²) < 4.78 is 23.4. The molecular weight excluding hydrogens is 482 g/mol. The van der Waals surface area contributed by atoms with Gasteiger partial charge in [-0.15, -0.1) is 23.7 Å². The second-order valence-corrected chi connectivity index (χ2v) is 10.5. The molecule has 11 heteroatoms. The summed E-state index contributed by atoms with van der Waals surface area (Å²) in [6, 6.07) is 14.7. The molecule has 0 aliphatic heterocycles. The summed E-state index contributed by atoms with van der Waals surface area (Å²) in [4.78, 5) is 17.4. The molecular formula is C22H26ClN5O3S2. The van der Waals surface area contributed by atoms with Gasteiger partial charge in [-0.05, 0) is 29.7 Å². The van der Waals surface area contributed by atoms with Crippen molar-refractivity contribution in [3.8, 4) is 11.3 Å². The van der Waals surface area contributed by atoms with E-state index in [1.54, 1.807) is 24.3 Å². The highest BCUT2D eigenvalue weighted by molar-refractivity contribution is 7.90. The van der Waals surface area contributed by atoms with Crippen LogP contribution in [0.15, 0.2) is 53.4 Å². The minimum Gasteiger partial charge on any atom is -0.370 e. The van der Waals surface area contributed by atoms with Crippen LogP contribution in [0, 0.1) is 5.41 Å². The molecule has 0 unspecified atom stereocenters. The summed E-state index contributed by atoms with van der Waals surface area (Å²) in [5.74, 6) is -0.244. The third-order valence-electron chi connectivity index (χ3n) is 4.65. The van der Waals surface area contributed by atoms with Gasteiger partial charge in [0.1, 0.15) is 0 Å². The fraction of sp³-hybridized carbons (Fsp3) is 0.227. The normalized spacial score (nSPS) is 10.8. The molecule has 0 fully saturated rings. The highest BCUT2D eigenvalue weighted by Crippen LogP contribution is 2.33. The average Bonchev–Trinajstić information content (AvgIpc) is 3.09. The van der Waals surface area contributed by atoms with Crippen molar-refractivity contribution >= 4 is 50.6 Å². The van der Waals surface area contributed by atoms with Gasteiger partial charge in [0, 0.05) is 36.6 Å². The largest absolute Gasteiger partial charge is 0.370 e. The summed E-state index contributed by atoms with van der Waals surface area (Å²) >= 11 is 1.40. The molecule has 2 aromatic carbocycles. The predicted molar refractivity (Wildman–Crippen MR) is 135 cm³/mol. The number of nitrogens with one attached hydrogen (secondary N) is 3. The Balaban J connectivity index is 0.00000385. The number of sulfone groups is 1. The first kappa shape index (κ1) is 26.3. The lowest BCUT2D eigenvalue weighted by Crippen LogP contribution is -2.31. The van der Waals surface area contributed by atoms with Gasteiger partial charge in [-0.3, -0.25) is 10.2 Å². The number of hydrogen-bond acceptors (Lipinski definition) is 6. The second-order valence-electron chi connectivity index (χ2n) is 7.35. The number of aromatic nitrogens is 1. The summed E-state index contributed by atoms with van der Waals surface area (Å²) in [6.07, 6.45) is 2.47. The SMILES string of the molecule is CC(=O)Nc1nc(-c2ccc(CCNC(=N)N)cc2)c(Cc2ccc(S(C)(=O)=O)cc2)s1.Cl. The van der Waals surface area contributed by atoms with Crippen LogP contribution in [0.1, 0.15) is 22.9 Å². The second kappa shape index (κ2) is 11.3. The molecule has 3 rings (SSSR count). The zero-order chi connectivity index (χ0) is 23.3. The summed E-state index contributed by atoms with van der Waals surface area (Å²) in [7, 11) is -3.25. The number of thiazole rings is 1. The van der Waals surface area contributed by atoms with Crippen LogP contribution in [0.5, 0.6) is 0 Å². The molecule has 8 nitrogen and oxygen atoms in total. The molecule has 33 heavy (non-hydrogen) atoms. The molecule has 1 amide bonds. The molecule has 0 aliphatic rings. The van der Waals surface area contributed by atoms with Crippen LogP contribution in [0.25, 0.3) is 11.3 Å². The highest BCUT2D eigenvalue weighted by atomic mass is 35.5. The molecule has 0 saturated carbocycles. The van der Waals surface area contributed by atoms with Crippen molar-refractivity contribution in [2.24, 2.45) is 5.73 Å². The maximum Gasteiger partial charge on any atom is 0.223 e. The Morgan fingerprint density at radius 3 is 2.24 bits per heavy atom. The topological polar surface area (TPSA) is 138 Å². The lowest BCUT2D eigenvalue weighted by Gasteiger charge is -2.07. The van der Waals surface area contributed by atoms with E-state index in [4.69, 9.17) is 11.1 Å². The molecule has 1 heterocycles. The van der Waals surface area contributed by atoms with E-state index in [0.29, 0.717) is 18.1 Å². The van der Waals surface area contributed by atoms with Gasteiger partial charge in [0.15, 0.2) is 20.9 Å². The standard InChI is InChI=1S/C22H25N5O3S2.ClH/c1-14(28)26-22-27-20(17-7-3-15(4-8-17)11-12-25-21(23)24)19(31-22)13-16-5-9-18(10-6-16)32(2,29)30;/h3-10H,11-13H2,1-2H3,(H4,23,24,25)(H,26,27,28);1H. The molecule has 0 bridgehead atoms. The molecule has 3 aromatic rings. The Morgan fingerprint density at radius 1 is 1.09 bits per heavy atom. The lowest BCUT2D eigenvalue weighted by molar-refractivity contribution is -0.114. The smallest absolute Gasteiger partial charge is 0.223 e. The van der Waals surface area contributed by atoms with Crippen molar-refractivity contribution in [2.45, 2.75) is 24.7 Å². The zero-order valence-corrected chi connectivity index (χ0v) is 20.7. The number of nitrogens with two attached hydrogens (primary N) is 1. The van der Waals surface area contributed by atoms with Gasteiger partial charge < -0.3 is 16.4 Å². The van der Waals surface area contributed by atoms with Gasteiger partial charge >= 0.3 is 0 Å². The van der Waals surface area contributed by atoms with E-state index in [-0.39, 0.29) is 29.2 Å². The molecule has 0 saturated heterocycles. The fourth-order valence-corrected chi connectivity index (χ4v) is 4.81. The number of carbonyl (C=O) groups excluding carboxylic acids is 1. The van der Waals surface area contributed by atoms with Gasteiger partial charge in [-0.2, -0.15) is 0 Å². The van der Waals surface area contributed by atoms with E-state index >= 15 is 0 Å². The van der Waals surface area contributed by atoms with Crippen LogP contribution in [-0.4, -0.2) is 38.1 Å². The van der Waals surface area contributed by atoms with Crippen LogP contribution >= 0.6 is 23.7 Å².